The molecule has 0 N–H and O–H groups in total. The van der Waals surface area contributed by atoms with Gasteiger partial charge in [-0.3, -0.25) is 0 Å². The van der Waals surface area contributed by atoms with E-state index in [1.165, 1.54) is 36.9 Å². The quantitative estimate of drug-likeness (QED) is 0.792. The normalized spacial score (nSPS) is 14.5. The predicted octanol–water partition coefficient (Wildman–Crippen LogP) is 3.47. The Bertz CT molecular complexity index is 570. The van der Waals surface area contributed by atoms with Gasteiger partial charge in [-0.15, -0.1) is 11.3 Å². The number of carbonyl (C=O) groups is 1. The Morgan fingerprint density at radius 2 is 2.06 bits per heavy atom. The molecule has 2 aromatic rings. The van der Waals surface area contributed by atoms with Crippen molar-refractivity contribution in [3.05, 3.63) is 41.0 Å². The molecule has 1 saturated carbocycles. The van der Waals surface area contributed by atoms with E-state index < -0.39 is 0 Å². The molecule has 1 aromatic carbocycles. The summed E-state index contributed by atoms with van der Waals surface area (Å²) in [5, 5.41) is 0. The summed E-state index contributed by atoms with van der Waals surface area (Å²) in [6.07, 6.45) is 2.60. The van der Waals surface area contributed by atoms with Gasteiger partial charge in [-0.25, -0.2) is 9.78 Å². The number of methoxy groups -OCH3 is 1. The van der Waals surface area contributed by atoms with Gasteiger partial charge in [-0.2, -0.15) is 0 Å². The van der Waals surface area contributed by atoms with Crippen molar-refractivity contribution in [1.29, 1.82) is 0 Å². The molecule has 3 nitrogen and oxygen atoms in total. The Morgan fingerprint density at radius 3 is 2.67 bits per heavy atom. The van der Waals surface area contributed by atoms with Gasteiger partial charge in [0.25, 0.3) is 0 Å². The van der Waals surface area contributed by atoms with Crippen molar-refractivity contribution in [2.75, 3.05) is 7.11 Å². The van der Waals surface area contributed by atoms with Gasteiger partial charge in [-0.1, -0.05) is 24.3 Å². The number of rotatable bonds is 3. The molecular formula is C14H13NO2S. The van der Waals surface area contributed by atoms with Crippen molar-refractivity contribution in [2.24, 2.45) is 0 Å². The second-order valence-electron chi connectivity index (χ2n) is 4.42. The number of esters is 1. The third-order valence-corrected chi connectivity index (χ3v) is 4.04. The molecule has 0 amide bonds. The SMILES string of the molecule is COC(=O)c1ncsc1-c1ccc(C2CC2)cc1. The van der Waals surface area contributed by atoms with E-state index in [0.717, 1.165) is 16.4 Å². The van der Waals surface area contributed by atoms with Crippen LogP contribution in [0.25, 0.3) is 10.4 Å². The van der Waals surface area contributed by atoms with Crippen LogP contribution in [0.5, 0.6) is 0 Å². The third kappa shape index (κ3) is 2.04. The summed E-state index contributed by atoms with van der Waals surface area (Å²) in [7, 11) is 1.38. The second kappa shape index (κ2) is 4.53. The lowest BCUT2D eigenvalue weighted by Crippen LogP contribution is -2.02. The van der Waals surface area contributed by atoms with Gasteiger partial charge in [0, 0.05) is 0 Å². The van der Waals surface area contributed by atoms with Gasteiger partial charge in [-0.05, 0) is 29.9 Å². The highest BCUT2D eigenvalue weighted by atomic mass is 32.1. The number of carbonyl (C=O) groups excluding carboxylic acids is 1. The van der Waals surface area contributed by atoms with Crippen LogP contribution in [0.15, 0.2) is 29.8 Å². The summed E-state index contributed by atoms with van der Waals surface area (Å²) in [6, 6.07) is 8.42. The van der Waals surface area contributed by atoms with Crippen molar-refractivity contribution in [1.82, 2.24) is 4.98 Å². The summed E-state index contributed by atoms with van der Waals surface area (Å²) in [4.78, 5) is 16.5. The maximum absolute atomic E-state index is 11.6. The molecule has 0 radical (unpaired) electrons. The van der Waals surface area contributed by atoms with Crippen molar-refractivity contribution >= 4 is 17.3 Å². The molecule has 0 unspecified atom stereocenters. The minimum atomic E-state index is -0.377. The largest absolute Gasteiger partial charge is 0.464 e. The van der Waals surface area contributed by atoms with E-state index in [4.69, 9.17) is 4.74 Å². The van der Waals surface area contributed by atoms with Gasteiger partial charge in [0.15, 0.2) is 5.69 Å². The smallest absolute Gasteiger partial charge is 0.358 e. The maximum Gasteiger partial charge on any atom is 0.358 e. The van der Waals surface area contributed by atoms with Gasteiger partial charge < -0.3 is 4.74 Å². The van der Waals surface area contributed by atoms with Crippen LogP contribution >= 0.6 is 11.3 Å². The zero-order valence-electron chi connectivity index (χ0n) is 10.1. The molecule has 0 spiro atoms. The Labute approximate surface area is 109 Å². The molecule has 1 heterocycles. The van der Waals surface area contributed by atoms with E-state index >= 15 is 0 Å². The first-order chi connectivity index (χ1) is 8.79. The summed E-state index contributed by atoms with van der Waals surface area (Å²) >= 11 is 1.46. The van der Waals surface area contributed by atoms with E-state index in [1.54, 1.807) is 5.51 Å². The van der Waals surface area contributed by atoms with E-state index in [-0.39, 0.29) is 5.97 Å². The predicted molar refractivity (Wildman–Crippen MR) is 70.9 cm³/mol. The molecule has 0 atom stereocenters. The number of hydrogen-bond donors (Lipinski definition) is 0. The van der Waals surface area contributed by atoms with Crippen molar-refractivity contribution in [3.8, 4) is 10.4 Å². The molecule has 1 aliphatic rings. The zero-order chi connectivity index (χ0) is 12.5. The van der Waals surface area contributed by atoms with Crippen LogP contribution in [0, 0.1) is 0 Å². The first-order valence-corrected chi connectivity index (χ1v) is 6.79. The number of hydrogen-bond acceptors (Lipinski definition) is 4. The summed E-state index contributed by atoms with van der Waals surface area (Å²) in [5.41, 5.74) is 4.50. The average molecular weight is 259 g/mol. The molecule has 1 aliphatic carbocycles. The van der Waals surface area contributed by atoms with Crippen LogP contribution in [0.4, 0.5) is 0 Å². The van der Waals surface area contributed by atoms with Gasteiger partial charge in [0.05, 0.1) is 17.5 Å². The Kier molecular flexibility index (Phi) is 2.88. The molecule has 0 bridgehead atoms. The van der Waals surface area contributed by atoms with Gasteiger partial charge >= 0.3 is 5.97 Å². The van der Waals surface area contributed by atoms with Crippen molar-refractivity contribution < 1.29 is 9.53 Å². The van der Waals surface area contributed by atoms with Crippen LogP contribution in [-0.2, 0) is 4.74 Å². The minimum absolute atomic E-state index is 0.377. The lowest BCUT2D eigenvalue weighted by molar-refractivity contribution is 0.0596. The minimum Gasteiger partial charge on any atom is -0.464 e. The third-order valence-electron chi connectivity index (χ3n) is 3.17. The maximum atomic E-state index is 11.6. The van der Waals surface area contributed by atoms with E-state index in [0.29, 0.717) is 5.69 Å². The van der Waals surface area contributed by atoms with Gasteiger partial charge in [0.1, 0.15) is 0 Å². The molecule has 18 heavy (non-hydrogen) atoms. The molecule has 1 aromatic heterocycles. The monoisotopic (exact) mass is 259 g/mol. The Morgan fingerprint density at radius 1 is 1.33 bits per heavy atom. The summed E-state index contributed by atoms with van der Waals surface area (Å²) < 4.78 is 4.73. The lowest BCUT2D eigenvalue weighted by atomic mass is 10.1. The second-order valence-corrected chi connectivity index (χ2v) is 5.27. The fourth-order valence-corrected chi connectivity index (χ4v) is 2.80. The highest BCUT2D eigenvalue weighted by Crippen LogP contribution is 2.40. The number of thiazole rings is 1. The van der Waals surface area contributed by atoms with Gasteiger partial charge in [0.2, 0.25) is 0 Å². The summed E-state index contributed by atoms with van der Waals surface area (Å²) in [6.45, 7) is 0. The van der Waals surface area contributed by atoms with Crippen LogP contribution < -0.4 is 0 Å². The standard InChI is InChI=1S/C14H13NO2S/c1-17-14(16)12-13(18-8-15-12)11-6-4-10(5-7-11)9-2-3-9/h4-9H,2-3H2,1H3. The molecule has 92 valence electrons. The number of nitrogens with zero attached hydrogens (tertiary/aromatic N) is 1. The molecule has 4 heteroatoms. The fourth-order valence-electron chi connectivity index (χ4n) is 2.02. The summed E-state index contributed by atoms with van der Waals surface area (Å²) in [5.74, 6) is 0.373. The van der Waals surface area contributed by atoms with E-state index in [1.807, 2.05) is 0 Å². The molecule has 0 aliphatic heterocycles. The Balaban J connectivity index is 1.94. The lowest BCUT2D eigenvalue weighted by Gasteiger charge is -2.03. The molecule has 3 rings (SSSR count). The zero-order valence-corrected chi connectivity index (χ0v) is 10.9. The van der Waals surface area contributed by atoms with Crippen LogP contribution in [0.3, 0.4) is 0 Å². The van der Waals surface area contributed by atoms with E-state index in [2.05, 4.69) is 29.2 Å². The highest BCUT2D eigenvalue weighted by molar-refractivity contribution is 7.13. The molecule has 0 saturated heterocycles. The highest BCUT2D eigenvalue weighted by Gasteiger charge is 2.23. The molecule has 1 fully saturated rings. The first kappa shape index (κ1) is 11.4. The number of ether oxygens (including phenoxy) is 1. The molecular weight excluding hydrogens is 246 g/mol. The topological polar surface area (TPSA) is 39.2 Å². The van der Waals surface area contributed by atoms with Crippen molar-refractivity contribution in [3.63, 3.8) is 0 Å². The Hall–Kier alpha value is -1.68. The number of benzene rings is 1. The average Bonchev–Trinajstić information content (AvgIpc) is 3.15. The first-order valence-electron chi connectivity index (χ1n) is 5.91. The van der Waals surface area contributed by atoms with Crippen LogP contribution in [0.2, 0.25) is 0 Å². The van der Waals surface area contributed by atoms with Crippen LogP contribution in [-0.4, -0.2) is 18.1 Å². The fraction of sp³-hybridized carbons (Fsp3) is 0.286. The van der Waals surface area contributed by atoms with Crippen LogP contribution in [0.1, 0.15) is 34.8 Å². The van der Waals surface area contributed by atoms with E-state index in [9.17, 15) is 4.79 Å². The van der Waals surface area contributed by atoms with Crippen molar-refractivity contribution in [2.45, 2.75) is 18.8 Å². The number of aromatic nitrogens is 1.